The zero-order chi connectivity index (χ0) is 25.3. The Balaban J connectivity index is 2.19. The molecule has 0 aliphatic heterocycles. The van der Waals surface area contributed by atoms with Crippen molar-refractivity contribution >= 4 is 32.8 Å². The second-order valence-electron chi connectivity index (χ2n) is 13.8. The maximum Gasteiger partial charge on any atom is 0.183 e. The van der Waals surface area contributed by atoms with Crippen molar-refractivity contribution in [2.24, 2.45) is 5.41 Å². The fraction of sp³-hybridized carbons (Fsp3) is 0.704. The van der Waals surface area contributed by atoms with Gasteiger partial charge in [0.2, 0.25) is 0 Å². The van der Waals surface area contributed by atoms with Gasteiger partial charge >= 0.3 is 0 Å². The molecule has 0 spiro atoms. The molecule has 6 heteroatoms. The molecule has 0 fully saturated rings. The molecule has 2 aliphatic rings. The maximum absolute atomic E-state index is 6.27. The van der Waals surface area contributed by atoms with Crippen molar-refractivity contribution in [2.45, 2.75) is 104 Å². The van der Waals surface area contributed by atoms with Gasteiger partial charge in [-0.1, -0.05) is 74.7 Å². The summed E-state index contributed by atoms with van der Waals surface area (Å²) in [5.74, 6) is 0. The molecule has 33 heavy (non-hydrogen) atoms. The molecule has 0 unspecified atom stereocenters. The van der Waals surface area contributed by atoms with Crippen LogP contribution in [-0.4, -0.2) is 46.0 Å². The molecule has 2 rings (SSSR count). The molecule has 0 radical (unpaired) electrons. The molecule has 2 aliphatic carbocycles. The Kier molecular flexibility index (Phi) is 9.12. The molecule has 0 bridgehead atoms. The number of allylic oxidation sites excluding steroid dienone is 8. The van der Waals surface area contributed by atoms with E-state index in [1.807, 2.05) is 0 Å². The minimum Gasteiger partial charge on any atom is -0.418 e. The van der Waals surface area contributed by atoms with Crippen LogP contribution >= 0.6 is 0 Å². The molecule has 0 atom stereocenters. The van der Waals surface area contributed by atoms with Crippen molar-refractivity contribution in [3.05, 3.63) is 45.8 Å². The van der Waals surface area contributed by atoms with Gasteiger partial charge in [-0.25, -0.2) is 0 Å². The van der Waals surface area contributed by atoms with Crippen molar-refractivity contribution in [1.29, 1.82) is 0 Å². The molecule has 0 aromatic heterocycles. The molecule has 0 heterocycles. The van der Waals surface area contributed by atoms with E-state index in [0.29, 0.717) is 0 Å². The molecule has 0 aromatic rings. The fourth-order valence-corrected chi connectivity index (χ4v) is 12.4. The lowest BCUT2D eigenvalue weighted by molar-refractivity contribution is 0.332. The van der Waals surface area contributed by atoms with E-state index < -0.39 is 32.8 Å². The summed E-state index contributed by atoms with van der Waals surface area (Å²) in [5.41, 5.74) is 3.28. The third-order valence-corrected chi connectivity index (χ3v) is 16.1. The Morgan fingerprint density at radius 3 is 1.24 bits per heavy atom. The Morgan fingerprint density at radius 1 is 0.606 bits per heavy atom. The van der Waals surface area contributed by atoms with E-state index in [0.717, 1.165) is 26.1 Å². The average molecular weight is 521 g/mol. The van der Waals surface area contributed by atoms with E-state index in [4.69, 9.17) is 8.85 Å². The van der Waals surface area contributed by atoms with Crippen LogP contribution in [0.2, 0.25) is 77.6 Å². The van der Waals surface area contributed by atoms with Crippen molar-refractivity contribution in [2.75, 3.05) is 13.2 Å². The summed E-state index contributed by atoms with van der Waals surface area (Å²) < 4.78 is 12.5. The van der Waals surface area contributed by atoms with E-state index in [-0.39, 0.29) is 5.41 Å². The normalized spacial score (nSPS) is 18.3. The summed E-state index contributed by atoms with van der Waals surface area (Å²) in [6.45, 7) is 30.8. The van der Waals surface area contributed by atoms with Gasteiger partial charge in [-0.2, -0.15) is 0 Å². The maximum atomic E-state index is 6.27. The number of hydrogen-bond acceptors (Lipinski definition) is 2. The van der Waals surface area contributed by atoms with Gasteiger partial charge in [0.15, 0.2) is 16.6 Å². The molecule has 0 N–H and O–H groups in total. The summed E-state index contributed by atoms with van der Waals surface area (Å²) in [6.07, 6.45) is 12.3. The largest absolute Gasteiger partial charge is 0.418 e. The van der Waals surface area contributed by atoms with Crippen LogP contribution < -0.4 is 0 Å². The van der Waals surface area contributed by atoms with Crippen LogP contribution in [0.15, 0.2) is 45.8 Å². The van der Waals surface area contributed by atoms with Crippen molar-refractivity contribution in [3.8, 4) is 0 Å². The van der Waals surface area contributed by atoms with Gasteiger partial charge in [-0.05, 0) is 75.4 Å². The van der Waals surface area contributed by atoms with Crippen molar-refractivity contribution < 1.29 is 8.85 Å². The third-order valence-electron chi connectivity index (χ3n) is 7.20. The lowest BCUT2D eigenvalue weighted by atomic mass is 9.77. The highest BCUT2D eigenvalue weighted by molar-refractivity contribution is 6.86. The van der Waals surface area contributed by atoms with Gasteiger partial charge in [-0.15, -0.1) is 0 Å². The van der Waals surface area contributed by atoms with Gasteiger partial charge < -0.3 is 8.85 Å². The minimum absolute atomic E-state index is 0.0679. The Morgan fingerprint density at radius 2 is 0.939 bits per heavy atom. The predicted molar refractivity (Wildman–Crippen MR) is 159 cm³/mol. The summed E-state index contributed by atoms with van der Waals surface area (Å²) in [5, 5.41) is 3.36. The molecular weight excluding hydrogens is 469 g/mol. The SMILES string of the molecule is CC(C)(C1=CCC=C1[Si](C)(C)CCO[Si](C)(C)C)C1=CCC=C1[Si](C)(C)CCO[Si](C)(C)C. The van der Waals surface area contributed by atoms with E-state index in [2.05, 4.69) is 104 Å². The van der Waals surface area contributed by atoms with E-state index in [9.17, 15) is 0 Å². The molecule has 0 saturated carbocycles. The highest BCUT2D eigenvalue weighted by Gasteiger charge is 2.42. The molecule has 188 valence electrons. The Labute approximate surface area is 209 Å². The lowest BCUT2D eigenvalue weighted by Crippen LogP contribution is -2.39. The standard InChI is InChI=1S/C27H52O2Si4/c1-27(2,23-15-13-17-25(23)32(9,10)21-19-28-30(3,4)5)24-16-14-18-26(24)33(11,12)22-20-29-31(6,7)8/h15-18H,13-14,19-22H2,1-12H3. The molecule has 2 nitrogen and oxygen atoms in total. The first kappa shape index (κ1) is 29.0. The quantitative estimate of drug-likeness (QED) is 0.239. The van der Waals surface area contributed by atoms with Crippen LogP contribution in [0.25, 0.3) is 0 Å². The average Bonchev–Trinajstić information content (AvgIpc) is 3.30. The summed E-state index contributed by atoms with van der Waals surface area (Å²) in [6, 6.07) is 2.43. The third kappa shape index (κ3) is 7.87. The van der Waals surface area contributed by atoms with Gasteiger partial charge in [0, 0.05) is 18.6 Å². The zero-order valence-electron chi connectivity index (χ0n) is 23.9. The van der Waals surface area contributed by atoms with Crippen LogP contribution in [0.3, 0.4) is 0 Å². The highest BCUT2D eigenvalue weighted by atomic mass is 28.4. The molecular formula is C27H52O2Si4. The second kappa shape index (κ2) is 10.4. The first-order chi connectivity index (χ1) is 14.9. The molecule has 0 saturated heterocycles. The zero-order valence-corrected chi connectivity index (χ0v) is 27.9. The van der Waals surface area contributed by atoms with Gasteiger partial charge in [0.1, 0.15) is 0 Å². The molecule has 0 aromatic carbocycles. The fourth-order valence-electron chi connectivity index (χ4n) is 5.13. The summed E-state index contributed by atoms with van der Waals surface area (Å²) in [7, 11) is -6.04. The van der Waals surface area contributed by atoms with Crippen LogP contribution in [-0.2, 0) is 8.85 Å². The second-order valence-corrected chi connectivity index (χ2v) is 32.4. The Hall–Kier alpha value is -0.252. The van der Waals surface area contributed by atoms with E-state index >= 15 is 0 Å². The monoisotopic (exact) mass is 520 g/mol. The number of hydrogen-bond donors (Lipinski definition) is 0. The topological polar surface area (TPSA) is 18.5 Å². The first-order valence-electron chi connectivity index (χ1n) is 13.0. The van der Waals surface area contributed by atoms with Crippen LogP contribution in [0, 0.1) is 5.41 Å². The van der Waals surface area contributed by atoms with Crippen LogP contribution in [0.4, 0.5) is 0 Å². The lowest BCUT2D eigenvalue weighted by Gasteiger charge is -2.40. The van der Waals surface area contributed by atoms with Gasteiger partial charge in [0.25, 0.3) is 0 Å². The van der Waals surface area contributed by atoms with Crippen LogP contribution in [0.1, 0.15) is 26.7 Å². The van der Waals surface area contributed by atoms with E-state index in [1.165, 1.54) is 12.1 Å². The van der Waals surface area contributed by atoms with E-state index in [1.54, 1.807) is 21.5 Å². The minimum atomic E-state index is -1.56. The summed E-state index contributed by atoms with van der Waals surface area (Å²) in [4.78, 5) is 0. The molecule has 0 amide bonds. The highest BCUT2D eigenvalue weighted by Crippen LogP contribution is 2.50. The Bertz CT molecular complexity index is 763. The summed E-state index contributed by atoms with van der Waals surface area (Å²) >= 11 is 0. The van der Waals surface area contributed by atoms with Crippen molar-refractivity contribution in [1.82, 2.24) is 0 Å². The van der Waals surface area contributed by atoms with Crippen LogP contribution in [0.5, 0.6) is 0 Å². The van der Waals surface area contributed by atoms with Crippen molar-refractivity contribution in [3.63, 3.8) is 0 Å². The predicted octanol–water partition coefficient (Wildman–Crippen LogP) is 8.72. The van der Waals surface area contributed by atoms with Gasteiger partial charge in [0.05, 0.1) is 16.1 Å². The first-order valence-corrected chi connectivity index (χ1v) is 26.2. The van der Waals surface area contributed by atoms with Gasteiger partial charge in [-0.3, -0.25) is 0 Å². The smallest absolute Gasteiger partial charge is 0.183 e. The number of rotatable bonds is 12.